The van der Waals surface area contributed by atoms with E-state index < -0.39 is 5.41 Å². The van der Waals surface area contributed by atoms with Crippen LogP contribution in [0.3, 0.4) is 0 Å². The van der Waals surface area contributed by atoms with Crippen molar-refractivity contribution in [1.29, 1.82) is 0 Å². The van der Waals surface area contributed by atoms with Crippen LogP contribution >= 0.6 is 0 Å². The Hall–Kier alpha value is -2.62. The number of carbonyl (C=O) groups is 2. The molecule has 0 radical (unpaired) electrons. The Labute approximate surface area is 199 Å². The van der Waals surface area contributed by atoms with Crippen molar-refractivity contribution in [2.45, 2.75) is 80.1 Å². The largest absolute Gasteiger partial charge is 0.486 e. The number of ether oxygens (including phenoxy) is 2. The van der Waals surface area contributed by atoms with Gasteiger partial charge >= 0.3 is 0 Å². The summed E-state index contributed by atoms with van der Waals surface area (Å²) in [4.78, 5) is 23.9. The van der Waals surface area contributed by atoms with E-state index in [9.17, 15) is 9.59 Å². The number of rotatable bonds is 11. The zero-order chi connectivity index (χ0) is 24.8. The summed E-state index contributed by atoms with van der Waals surface area (Å²) >= 11 is 0. The number of aryl methyl sites for hydroxylation is 2. The van der Waals surface area contributed by atoms with Crippen LogP contribution in [0.4, 0.5) is 0 Å². The maximum Gasteiger partial charge on any atom is 0.175 e. The second kappa shape index (κ2) is 11.0. The van der Waals surface area contributed by atoms with Crippen molar-refractivity contribution in [3.05, 3.63) is 58.7 Å². The van der Waals surface area contributed by atoms with Crippen molar-refractivity contribution in [2.75, 3.05) is 13.2 Å². The minimum Gasteiger partial charge on any atom is -0.486 e. The van der Waals surface area contributed by atoms with Gasteiger partial charge in [-0.3, -0.25) is 9.59 Å². The van der Waals surface area contributed by atoms with Crippen LogP contribution in [0.2, 0.25) is 0 Å². The van der Waals surface area contributed by atoms with Gasteiger partial charge in [0.15, 0.2) is 11.6 Å². The fourth-order valence-corrected chi connectivity index (χ4v) is 4.07. The Morgan fingerprint density at radius 1 is 0.758 bits per heavy atom. The van der Waals surface area contributed by atoms with Gasteiger partial charge in [0.2, 0.25) is 0 Å². The summed E-state index contributed by atoms with van der Waals surface area (Å²) in [6, 6.07) is 12.6. The molecule has 0 aliphatic carbocycles. The molecule has 0 spiro atoms. The number of carbonyl (C=O) groups excluding carboxylic acids is 2. The Balaban J connectivity index is 2.33. The van der Waals surface area contributed by atoms with Crippen LogP contribution < -0.4 is 9.47 Å². The third kappa shape index (κ3) is 6.25. The van der Waals surface area contributed by atoms with E-state index in [0.29, 0.717) is 6.42 Å². The molecule has 0 bridgehead atoms. The highest BCUT2D eigenvalue weighted by Gasteiger charge is 2.31. The summed E-state index contributed by atoms with van der Waals surface area (Å²) in [5, 5.41) is 0. The molecule has 0 fully saturated rings. The molecule has 2 rings (SSSR count). The summed E-state index contributed by atoms with van der Waals surface area (Å²) in [5.41, 5.74) is 3.96. The van der Waals surface area contributed by atoms with Crippen LogP contribution in [-0.4, -0.2) is 24.8 Å². The minimum atomic E-state index is -0.412. The summed E-state index contributed by atoms with van der Waals surface area (Å²) in [5.74, 6) is 1.68. The van der Waals surface area contributed by atoms with Gasteiger partial charge in [0.1, 0.15) is 24.7 Å². The highest BCUT2D eigenvalue weighted by molar-refractivity contribution is 5.85. The van der Waals surface area contributed by atoms with E-state index in [2.05, 4.69) is 38.1 Å². The van der Waals surface area contributed by atoms with Crippen molar-refractivity contribution in [3.8, 4) is 11.5 Å². The Morgan fingerprint density at radius 2 is 1.21 bits per heavy atom. The molecule has 0 aliphatic heterocycles. The molecule has 0 saturated carbocycles. The predicted octanol–water partition coefficient (Wildman–Crippen LogP) is 6.76. The minimum absolute atomic E-state index is 0.0809. The molecule has 2 aromatic carbocycles. The molecule has 0 unspecified atom stereocenters. The molecule has 2 aromatic rings. The van der Waals surface area contributed by atoms with Crippen LogP contribution in [0.15, 0.2) is 36.4 Å². The molecule has 0 N–H and O–H groups in total. The first kappa shape index (κ1) is 26.6. The van der Waals surface area contributed by atoms with Crippen LogP contribution in [0.1, 0.15) is 83.1 Å². The fourth-order valence-electron chi connectivity index (χ4n) is 4.07. The number of hydrogen-bond donors (Lipinski definition) is 0. The molecule has 180 valence electrons. The van der Waals surface area contributed by atoms with Gasteiger partial charge in [0.05, 0.1) is 0 Å². The fraction of sp³-hybridized carbons (Fsp3) is 0.517. The SMILES string of the molecule is CCC(=O)COc1ccc(C(CC)(CC)c2ccc(OCC(=O)C(C)(C)C)c(C)c2)cc1C. The molecule has 0 atom stereocenters. The van der Waals surface area contributed by atoms with Crippen molar-refractivity contribution in [2.24, 2.45) is 5.41 Å². The Kier molecular flexibility index (Phi) is 8.88. The van der Waals surface area contributed by atoms with Crippen LogP contribution in [0, 0.1) is 19.3 Å². The highest BCUT2D eigenvalue weighted by Crippen LogP contribution is 2.41. The van der Waals surface area contributed by atoms with Gasteiger partial charge in [0.25, 0.3) is 0 Å². The van der Waals surface area contributed by atoms with E-state index in [4.69, 9.17) is 9.47 Å². The molecule has 4 nitrogen and oxygen atoms in total. The quantitative estimate of drug-likeness (QED) is 0.378. The lowest BCUT2D eigenvalue weighted by Gasteiger charge is -2.34. The van der Waals surface area contributed by atoms with Crippen LogP contribution in [0.25, 0.3) is 0 Å². The lowest BCUT2D eigenvalue weighted by atomic mass is 9.70. The van der Waals surface area contributed by atoms with Crippen molar-refractivity contribution in [1.82, 2.24) is 0 Å². The normalized spacial score (nSPS) is 11.9. The average molecular weight is 453 g/mol. The molecule has 0 heterocycles. The summed E-state index contributed by atoms with van der Waals surface area (Å²) in [7, 11) is 0. The van der Waals surface area contributed by atoms with Crippen LogP contribution in [0.5, 0.6) is 11.5 Å². The third-order valence-corrected chi connectivity index (χ3v) is 6.64. The Bertz CT molecular complexity index is 978. The monoisotopic (exact) mass is 452 g/mol. The molecular weight excluding hydrogens is 412 g/mol. The smallest absolute Gasteiger partial charge is 0.175 e. The molecular formula is C29H40O4. The van der Waals surface area contributed by atoms with Crippen molar-refractivity contribution < 1.29 is 19.1 Å². The average Bonchev–Trinajstić information content (AvgIpc) is 2.78. The lowest BCUT2D eigenvalue weighted by Crippen LogP contribution is -2.27. The molecule has 0 saturated heterocycles. The van der Waals surface area contributed by atoms with E-state index in [0.717, 1.165) is 35.5 Å². The van der Waals surface area contributed by atoms with Gasteiger partial charge in [-0.1, -0.05) is 65.8 Å². The standard InChI is InChI=1S/C29H40O4/c1-9-24(30)18-32-25-14-12-22(16-20(25)4)29(10-2,11-3)23-13-15-26(21(5)17-23)33-19-27(31)28(6,7)8/h12-17H,9-11,18-19H2,1-8H3. The van der Waals surface area contributed by atoms with Gasteiger partial charge in [-0.2, -0.15) is 0 Å². The number of benzene rings is 2. The third-order valence-electron chi connectivity index (χ3n) is 6.64. The van der Waals surface area contributed by atoms with E-state index in [1.807, 2.05) is 53.7 Å². The zero-order valence-corrected chi connectivity index (χ0v) is 21.6. The van der Waals surface area contributed by atoms with Crippen molar-refractivity contribution >= 4 is 11.6 Å². The summed E-state index contributed by atoms with van der Waals surface area (Å²) < 4.78 is 11.6. The van der Waals surface area contributed by atoms with E-state index >= 15 is 0 Å². The lowest BCUT2D eigenvalue weighted by molar-refractivity contribution is -0.128. The zero-order valence-electron chi connectivity index (χ0n) is 21.6. The number of hydrogen-bond acceptors (Lipinski definition) is 4. The first-order chi connectivity index (χ1) is 15.5. The summed E-state index contributed by atoms with van der Waals surface area (Å²) in [6.45, 7) is 16.2. The van der Waals surface area contributed by atoms with Crippen molar-refractivity contribution in [3.63, 3.8) is 0 Å². The first-order valence-electron chi connectivity index (χ1n) is 12.0. The topological polar surface area (TPSA) is 52.6 Å². The van der Waals surface area contributed by atoms with E-state index in [1.54, 1.807) is 0 Å². The highest BCUT2D eigenvalue weighted by atomic mass is 16.5. The molecule has 0 amide bonds. The van der Waals surface area contributed by atoms with Gasteiger partial charge in [-0.25, -0.2) is 0 Å². The maximum absolute atomic E-state index is 12.3. The van der Waals surface area contributed by atoms with E-state index in [-0.39, 0.29) is 30.2 Å². The van der Waals surface area contributed by atoms with Gasteiger partial charge in [-0.15, -0.1) is 0 Å². The first-order valence-corrected chi connectivity index (χ1v) is 12.0. The molecule has 0 aliphatic rings. The van der Waals surface area contributed by atoms with Crippen LogP contribution in [-0.2, 0) is 15.0 Å². The molecule has 0 aromatic heterocycles. The molecule has 4 heteroatoms. The van der Waals surface area contributed by atoms with Gasteiger partial charge in [-0.05, 0) is 61.1 Å². The summed E-state index contributed by atoms with van der Waals surface area (Å²) in [6.07, 6.45) is 2.37. The van der Waals surface area contributed by atoms with Gasteiger partial charge in [0, 0.05) is 17.3 Å². The maximum atomic E-state index is 12.3. The molecule has 33 heavy (non-hydrogen) atoms. The predicted molar refractivity (Wildman–Crippen MR) is 134 cm³/mol. The second-order valence-corrected chi connectivity index (χ2v) is 9.89. The number of ketones is 2. The second-order valence-electron chi connectivity index (χ2n) is 9.89. The Morgan fingerprint density at radius 3 is 1.58 bits per heavy atom. The van der Waals surface area contributed by atoms with Gasteiger partial charge < -0.3 is 9.47 Å². The number of Topliss-reactive ketones (excluding diaryl/α,β-unsaturated/α-hetero) is 2. The van der Waals surface area contributed by atoms with E-state index in [1.165, 1.54) is 11.1 Å².